The Labute approximate surface area is 221 Å². The Morgan fingerprint density at radius 2 is 1.00 bits per heavy atom. The van der Waals surface area contributed by atoms with Gasteiger partial charge < -0.3 is 9.13 Å². The Bertz CT molecular complexity index is 2180. The van der Waals surface area contributed by atoms with Crippen LogP contribution in [0.4, 0.5) is 0 Å². The summed E-state index contributed by atoms with van der Waals surface area (Å²) in [6.45, 7) is 9.74. The van der Waals surface area contributed by atoms with Crippen LogP contribution in [0.3, 0.4) is 0 Å². The lowest BCUT2D eigenvalue weighted by Gasteiger charge is -2.43. The van der Waals surface area contributed by atoms with E-state index in [2.05, 4.69) is 134 Å². The van der Waals surface area contributed by atoms with Crippen LogP contribution in [-0.4, -0.2) is 9.13 Å². The van der Waals surface area contributed by atoms with E-state index < -0.39 is 0 Å². The zero-order valence-corrected chi connectivity index (χ0v) is 22.1. The molecule has 2 aliphatic heterocycles. The van der Waals surface area contributed by atoms with E-state index in [1.54, 1.807) is 0 Å². The number of aromatic nitrogens is 2. The summed E-state index contributed by atoms with van der Waals surface area (Å²) in [6, 6.07) is 36.3. The van der Waals surface area contributed by atoms with Crippen LogP contribution in [0.2, 0.25) is 0 Å². The van der Waals surface area contributed by atoms with Crippen molar-refractivity contribution >= 4 is 43.6 Å². The molecule has 2 aliphatic rings. The quantitative estimate of drug-likeness (QED) is 0.201. The number of nitrogens with zero attached hydrogens (tertiary/aromatic N) is 2. The van der Waals surface area contributed by atoms with E-state index in [1.165, 1.54) is 77.2 Å². The van der Waals surface area contributed by atoms with Crippen molar-refractivity contribution in [1.29, 1.82) is 0 Å². The number of para-hydroxylation sites is 4. The molecule has 2 nitrogen and oxygen atoms in total. The van der Waals surface area contributed by atoms with Crippen molar-refractivity contribution < 1.29 is 0 Å². The highest BCUT2D eigenvalue weighted by Crippen LogP contribution is 2.56. The predicted molar refractivity (Wildman–Crippen MR) is 159 cm³/mol. The number of benzene rings is 5. The topological polar surface area (TPSA) is 9.86 Å². The number of hydrogen-bond donors (Lipinski definition) is 0. The molecule has 0 fully saturated rings. The lowest BCUT2D eigenvalue weighted by molar-refractivity contribution is 0.568. The molecule has 4 heterocycles. The number of rotatable bonds is 0. The van der Waals surface area contributed by atoms with Gasteiger partial charge in [0, 0.05) is 32.4 Å². The van der Waals surface area contributed by atoms with Crippen molar-refractivity contribution in [2.75, 3.05) is 0 Å². The average Bonchev–Trinajstić information content (AvgIpc) is 3.44. The van der Waals surface area contributed by atoms with Gasteiger partial charge in [0.1, 0.15) is 0 Å². The molecule has 0 radical (unpaired) electrons. The predicted octanol–water partition coefficient (Wildman–Crippen LogP) is 9.16. The van der Waals surface area contributed by atoms with E-state index in [0.717, 1.165) is 0 Å². The highest BCUT2D eigenvalue weighted by molar-refractivity contribution is 6.16. The van der Waals surface area contributed by atoms with Crippen molar-refractivity contribution in [2.45, 2.75) is 38.5 Å². The van der Waals surface area contributed by atoms with E-state index in [9.17, 15) is 0 Å². The number of fused-ring (bicyclic) bond motifs is 11. The van der Waals surface area contributed by atoms with Gasteiger partial charge in [0.05, 0.1) is 33.4 Å². The first-order chi connectivity index (χ1) is 18.4. The molecule has 182 valence electrons. The SMILES string of the molecule is CC1(C)c2c(cc3c4ccccc4n4c3c2C(C)(C)c2ccccc2-4)-n2c3ccccc3c3cccc1c32. The fourth-order valence-corrected chi connectivity index (χ4v) is 8.02. The third-order valence-corrected chi connectivity index (χ3v) is 9.62. The summed E-state index contributed by atoms with van der Waals surface area (Å²) in [5, 5.41) is 5.34. The third-order valence-electron chi connectivity index (χ3n) is 9.62. The Balaban J connectivity index is 1.62. The summed E-state index contributed by atoms with van der Waals surface area (Å²) in [7, 11) is 0. The standard InChI is InChI=1S/C36H28N2/c1-35(2)25-15-7-10-19-29(25)37-28-18-9-6-13-22(28)24-20-30-31(32(35)34(24)37)36(3,4)26-16-11-14-23-21-12-5-8-17-27(21)38(30)33(23)26/h5-20H,1-4H3. The zero-order chi connectivity index (χ0) is 25.6. The summed E-state index contributed by atoms with van der Waals surface area (Å²) < 4.78 is 5.11. The van der Waals surface area contributed by atoms with Crippen LogP contribution in [-0.2, 0) is 10.8 Å². The van der Waals surface area contributed by atoms with Gasteiger partial charge in [0.2, 0.25) is 0 Å². The minimum absolute atomic E-state index is 0.157. The molecule has 0 atom stereocenters. The van der Waals surface area contributed by atoms with Gasteiger partial charge in [-0.1, -0.05) is 100 Å². The van der Waals surface area contributed by atoms with Crippen molar-refractivity contribution in [3.63, 3.8) is 0 Å². The highest BCUT2D eigenvalue weighted by Gasteiger charge is 2.45. The van der Waals surface area contributed by atoms with Gasteiger partial charge in [0.25, 0.3) is 0 Å². The van der Waals surface area contributed by atoms with E-state index in [4.69, 9.17) is 0 Å². The Kier molecular flexibility index (Phi) is 3.49. The first kappa shape index (κ1) is 20.7. The minimum atomic E-state index is -0.159. The Morgan fingerprint density at radius 3 is 1.76 bits per heavy atom. The van der Waals surface area contributed by atoms with Gasteiger partial charge in [-0.05, 0) is 46.5 Å². The van der Waals surface area contributed by atoms with Gasteiger partial charge in [-0.2, -0.15) is 0 Å². The monoisotopic (exact) mass is 488 g/mol. The maximum Gasteiger partial charge on any atom is 0.0586 e. The van der Waals surface area contributed by atoms with E-state index in [1.807, 2.05) is 0 Å². The first-order valence-electron chi connectivity index (χ1n) is 13.6. The van der Waals surface area contributed by atoms with Gasteiger partial charge in [-0.3, -0.25) is 0 Å². The van der Waals surface area contributed by atoms with Gasteiger partial charge >= 0.3 is 0 Å². The third kappa shape index (κ3) is 2.12. The fraction of sp³-hybridized carbons (Fsp3) is 0.167. The zero-order valence-electron chi connectivity index (χ0n) is 22.1. The van der Waals surface area contributed by atoms with Crippen molar-refractivity contribution in [1.82, 2.24) is 9.13 Å². The molecule has 0 amide bonds. The molecule has 0 aliphatic carbocycles. The molecule has 0 saturated carbocycles. The minimum Gasteiger partial charge on any atom is -0.309 e. The summed E-state index contributed by atoms with van der Waals surface area (Å²) in [5.41, 5.74) is 13.3. The molecule has 0 saturated heterocycles. The first-order valence-corrected chi connectivity index (χ1v) is 13.6. The van der Waals surface area contributed by atoms with Gasteiger partial charge in [-0.15, -0.1) is 0 Å². The molecule has 2 heteroatoms. The summed E-state index contributed by atoms with van der Waals surface area (Å²) in [6.07, 6.45) is 0. The van der Waals surface area contributed by atoms with Gasteiger partial charge in [-0.25, -0.2) is 0 Å². The van der Waals surface area contributed by atoms with E-state index in [0.29, 0.717) is 0 Å². The molecule has 0 spiro atoms. The second kappa shape index (κ2) is 6.39. The second-order valence-corrected chi connectivity index (χ2v) is 12.2. The summed E-state index contributed by atoms with van der Waals surface area (Å²) >= 11 is 0. The van der Waals surface area contributed by atoms with Crippen LogP contribution in [0, 0.1) is 0 Å². The average molecular weight is 489 g/mol. The van der Waals surface area contributed by atoms with E-state index >= 15 is 0 Å². The van der Waals surface area contributed by atoms with Crippen molar-refractivity contribution in [2.24, 2.45) is 0 Å². The maximum absolute atomic E-state index is 2.57. The van der Waals surface area contributed by atoms with Crippen molar-refractivity contribution in [3.05, 3.63) is 119 Å². The van der Waals surface area contributed by atoms with E-state index in [-0.39, 0.29) is 10.8 Å². The Morgan fingerprint density at radius 1 is 0.447 bits per heavy atom. The fourth-order valence-electron chi connectivity index (χ4n) is 8.02. The Hall–Kier alpha value is -4.30. The molecule has 9 rings (SSSR count). The molecule has 0 bridgehead atoms. The molecule has 0 N–H and O–H groups in total. The maximum atomic E-state index is 2.57. The summed E-state index contributed by atoms with van der Waals surface area (Å²) in [4.78, 5) is 0. The lowest BCUT2D eigenvalue weighted by Crippen LogP contribution is -2.35. The molecule has 0 unspecified atom stereocenters. The smallest absolute Gasteiger partial charge is 0.0586 e. The molecule has 5 aromatic carbocycles. The van der Waals surface area contributed by atoms with Crippen LogP contribution >= 0.6 is 0 Å². The second-order valence-electron chi connectivity index (χ2n) is 12.2. The molecule has 7 aromatic rings. The lowest BCUT2D eigenvalue weighted by atomic mass is 9.65. The summed E-state index contributed by atoms with van der Waals surface area (Å²) in [5.74, 6) is 0. The van der Waals surface area contributed by atoms with Gasteiger partial charge in [0.15, 0.2) is 0 Å². The molecule has 38 heavy (non-hydrogen) atoms. The van der Waals surface area contributed by atoms with Crippen LogP contribution in [0.1, 0.15) is 49.9 Å². The normalized spacial score (nSPS) is 16.3. The van der Waals surface area contributed by atoms with Crippen LogP contribution in [0.5, 0.6) is 0 Å². The van der Waals surface area contributed by atoms with Crippen molar-refractivity contribution in [3.8, 4) is 11.4 Å². The largest absolute Gasteiger partial charge is 0.309 e. The van der Waals surface area contributed by atoms with Crippen LogP contribution < -0.4 is 0 Å². The molecule has 2 aromatic heterocycles. The highest BCUT2D eigenvalue weighted by atomic mass is 15.0. The molecular formula is C36H28N2. The van der Waals surface area contributed by atoms with Crippen LogP contribution in [0.25, 0.3) is 55.0 Å². The number of hydrogen-bond acceptors (Lipinski definition) is 0. The molecular weight excluding hydrogens is 460 g/mol. The van der Waals surface area contributed by atoms with Crippen LogP contribution in [0.15, 0.2) is 97.1 Å².